The maximum Gasteiger partial charge on any atom is 0.271 e. The van der Waals surface area contributed by atoms with Crippen LogP contribution in [0.2, 0.25) is 5.02 Å². The number of benzene rings is 1. The number of amides is 3. The molecule has 0 spiro atoms. The van der Waals surface area contributed by atoms with Gasteiger partial charge in [-0.25, -0.2) is 0 Å². The van der Waals surface area contributed by atoms with Gasteiger partial charge >= 0.3 is 0 Å². The first-order chi connectivity index (χ1) is 11.3. The van der Waals surface area contributed by atoms with Gasteiger partial charge < -0.3 is 16.4 Å². The number of aromatic amines is 1. The van der Waals surface area contributed by atoms with Gasteiger partial charge in [-0.05, 0) is 38.1 Å². The highest BCUT2D eigenvalue weighted by Gasteiger charge is 2.21. The Labute approximate surface area is 142 Å². The van der Waals surface area contributed by atoms with Crippen LogP contribution in [-0.2, 0) is 4.79 Å². The molecule has 0 aliphatic rings. The van der Waals surface area contributed by atoms with Crippen molar-refractivity contribution in [1.29, 1.82) is 0 Å². The average Bonchev–Trinajstić information content (AvgIpc) is 2.89. The fraction of sp³-hybridized carbons (Fsp3) is 0.200. The molecular formula is C15H16ClN5O3. The number of carbonyl (C=O) groups is 3. The molecule has 1 atom stereocenters. The standard InChI is InChI=1S/C15H16ClN5O3/c1-7-11(12(13(17)22)21-20-7)19-14(23)8(2)18-15(24)9-3-5-10(16)6-4-9/h3-6,8H,1-2H3,(H2,17,22)(H,18,24)(H,19,23)(H,20,21). The predicted octanol–water partition coefficient (Wildman–Crippen LogP) is 1.23. The molecule has 0 fully saturated rings. The van der Waals surface area contributed by atoms with Gasteiger partial charge in [-0.2, -0.15) is 5.10 Å². The zero-order valence-electron chi connectivity index (χ0n) is 13.0. The molecular weight excluding hydrogens is 334 g/mol. The third-order valence-electron chi connectivity index (χ3n) is 3.28. The van der Waals surface area contributed by atoms with E-state index in [1.54, 1.807) is 31.2 Å². The molecule has 1 unspecified atom stereocenters. The summed E-state index contributed by atoms with van der Waals surface area (Å²) in [6, 6.07) is 5.41. The van der Waals surface area contributed by atoms with Crippen LogP contribution in [0.1, 0.15) is 33.5 Å². The minimum atomic E-state index is -0.844. The molecule has 0 saturated carbocycles. The van der Waals surface area contributed by atoms with E-state index in [-0.39, 0.29) is 11.4 Å². The van der Waals surface area contributed by atoms with Crippen molar-refractivity contribution in [3.05, 3.63) is 46.2 Å². The number of hydrogen-bond acceptors (Lipinski definition) is 4. The smallest absolute Gasteiger partial charge is 0.271 e. The highest BCUT2D eigenvalue weighted by molar-refractivity contribution is 6.30. The van der Waals surface area contributed by atoms with E-state index >= 15 is 0 Å². The van der Waals surface area contributed by atoms with Crippen LogP contribution in [0.3, 0.4) is 0 Å². The number of primary amides is 1. The molecule has 3 amide bonds. The Morgan fingerprint density at radius 1 is 1.25 bits per heavy atom. The van der Waals surface area contributed by atoms with Gasteiger partial charge in [0.2, 0.25) is 5.91 Å². The number of carbonyl (C=O) groups excluding carboxylic acids is 3. The lowest BCUT2D eigenvalue weighted by Crippen LogP contribution is -2.41. The summed E-state index contributed by atoms with van der Waals surface area (Å²) in [6.07, 6.45) is 0. The zero-order valence-corrected chi connectivity index (χ0v) is 13.8. The molecule has 0 radical (unpaired) electrons. The lowest BCUT2D eigenvalue weighted by atomic mass is 10.2. The van der Waals surface area contributed by atoms with E-state index in [0.717, 1.165) is 0 Å². The molecule has 1 aromatic carbocycles. The van der Waals surface area contributed by atoms with Crippen LogP contribution in [0.25, 0.3) is 0 Å². The number of hydrogen-bond donors (Lipinski definition) is 4. The summed E-state index contributed by atoms with van der Waals surface area (Å²) in [7, 11) is 0. The molecule has 8 nitrogen and oxygen atoms in total. The van der Waals surface area contributed by atoms with Gasteiger partial charge in [0, 0.05) is 10.6 Å². The van der Waals surface area contributed by atoms with Crippen LogP contribution in [0.5, 0.6) is 0 Å². The summed E-state index contributed by atoms with van der Waals surface area (Å²) in [5.74, 6) is -1.70. The number of H-pyrrole nitrogens is 1. The van der Waals surface area contributed by atoms with Crippen LogP contribution in [0, 0.1) is 6.92 Å². The van der Waals surface area contributed by atoms with Gasteiger partial charge in [-0.1, -0.05) is 11.6 Å². The quantitative estimate of drug-likeness (QED) is 0.646. The van der Waals surface area contributed by atoms with E-state index in [4.69, 9.17) is 17.3 Å². The predicted molar refractivity (Wildman–Crippen MR) is 88.9 cm³/mol. The van der Waals surface area contributed by atoms with Gasteiger partial charge in [0.15, 0.2) is 5.69 Å². The first kappa shape index (κ1) is 17.5. The van der Waals surface area contributed by atoms with E-state index in [9.17, 15) is 14.4 Å². The molecule has 0 aliphatic carbocycles. The topological polar surface area (TPSA) is 130 Å². The number of anilines is 1. The van der Waals surface area contributed by atoms with Gasteiger partial charge in [-0.3, -0.25) is 19.5 Å². The van der Waals surface area contributed by atoms with Crippen molar-refractivity contribution in [1.82, 2.24) is 15.5 Å². The van der Waals surface area contributed by atoms with Crippen molar-refractivity contribution >= 4 is 35.0 Å². The van der Waals surface area contributed by atoms with Crippen molar-refractivity contribution in [3.63, 3.8) is 0 Å². The Morgan fingerprint density at radius 3 is 2.46 bits per heavy atom. The van der Waals surface area contributed by atoms with Crippen molar-refractivity contribution in [2.45, 2.75) is 19.9 Å². The summed E-state index contributed by atoms with van der Waals surface area (Å²) < 4.78 is 0. The second-order valence-corrected chi connectivity index (χ2v) is 5.56. The van der Waals surface area contributed by atoms with Crippen molar-refractivity contribution in [2.75, 3.05) is 5.32 Å². The molecule has 0 saturated heterocycles. The van der Waals surface area contributed by atoms with Gasteiger partial charge in [0.05, 0.1) is 11.4 Å². The van der Waals surface area contributed by atoms with Crippen LogP contribution in [-0.4, -0.2) is 34.0 Å². The number of nitrogens with one attached hydrogen (secondary N) is 3. The molecule has 0 bridgehead atoms. The maximum atomic E-state index is 12.2. The third-order valence-corrected chi connectivity index (χ3v) is 3.53. The summed E-state index contributed by atoms with van der Waals surface area (Å²) in [4.78, 5) is 35.6. The summed E-state index contributed by atoms with van der Waals surface area (Å²) in [5.41, 5.74) is 6.17. The normalized spacial score (nSPS) is 11.6. The van der Waals surface area contributed by atoms with Crippen LogP contribution in [0.4, 0.5) is 5.69 Å². The monoisotopic (exact) mass is 349 g/mol. The molecule has 2 rings (SSSR count). The lowest BCUT2D eigenvalue weighted by Gasteiger charge is -2.14. The number of aromatic nitrogens is 2. The van der Waals surface area contributed by atoms with Crippen LogP contribution in [0.15, 0.2) is 24.3 Å². The minimum Gasteiger partial charge on any atom is -0.364 e. The van der Waals surface area contributed by atoms with E-state index in [0.29, 0.717) is 16.3 Å². The Balaban J connectivity index is 2.05. The SMILES string of the molecule is Cc1[nH]nc(C(N)=O)c1NC(=O)C(C)NC(=O)c1ccc(Cl)cc1. The highest BCUT2D eigenvalue weighted by atomic mass is 35.5. The van der Waals surface area contributed by atoms with Gasteiger partial charge in [-0.15, -0.1) is 0 Å². The highest BCUT2D eigenvalue weighted by Crippen LogP contribution is 2.17. The van der Waals surface area contributed by atoms with E-state index in [1.165, 1.54) is 6.92 Å². The Hall–Kier alpha value is -2.87. The van der Waals surface area contributed by atoms with E-state index < -0.39 is 23.8 Å². The maximum absolute atomic E-state index is 12.2. The Kier molecular flexibility index (Phi) is 5.20. The van der Waals surface area contributed by atoms with Gasteiger partial charge in [0.1, 0.15) is 6.04 Å². The molecule has 0 aliphatic heterocycles. The van der Waals surface area contributed by atoms with Gasteiger partial charge in [0.25, 0.3) is 11.8 Å². The zero-order chi connectivity index (χ0) is 17.9. The number of nitrogens with two attached hydrogens (primary N) is 1. The fourth-order valence-corrected chi connectivity index (χ4v) is 2.06. The average molecular weight is 350 g/mol. The first-order valence-corrected chi connectivity index (χ1v) is 7.39. The largest absolute Gasteiger partial charge is 0.364 e. The second-order valence-electron chi connectivity index (χ2n) is 5.13. The Bertz CT molecular complexity index is 785. The second kappa shape index (κ2) is 7.14. The summed E-state index contributed by atoms with van der Waals surface area (Å²) >= 11 is 5.76. The third kappa shape index (κ3) is 3.90. The molecule has 24 heavy (non-hydrogen) atoms. The molecule has 1 aromatic heterocycles. The van der Waals surface area contributed by atoms with Crippen molar-refractivity contribution < 1.29 is 14.4 Å². The Morgan fingerprint density at radius 2 is 1.88 bits per heavy atom. The number of rotatable bonds is 5. The molecule has 9 heteroatoms. The fourth-order valence-electron chi connectivity index (χ4n) is 1.94. The summed E-state index contributed by atoms with van der Waals surface area (Å²) in [5, 5.41) is 11.9. The molecule has 2 aromatic rings. The number of halogens is 1. The molecule has 1 heterocycles. The van der Waals surface area contributed by atoms with Crippen LogP contribution >= 0.6 is 11.6 Å². The molecule has 126 valence electrons. The first-order valence-electron chi connectivity index (χ1n) is 7.01. The lowest BCUT2D eigenvalue weighted by molar-refractivity contribution is -0.117. The summed E-state index contributed by atoms with van der Waals surface area (Å²) in [6.45, 7) is 3.15. The van der Waals surface area contributed by atoms with E-state index in [2.05, 4.69) is 20.8 Å². The van der Waals surface area contributed by atoms with Crippen molar-refractivity contribution in [2.24, 2.45) is 5.73 Å². The molecule has 5 N–H and O–H groups in total. The number of aryl methyl sites for hydroxylation is 1. The minimum absolute atomic E-state index is 0.0722. The van der Waals surface area contributed by atoms with Crippen LogP contribution < -0.4 is 16.4 Å². The van der Waals surface area contributed by atoms with E-state index in [1.807, 2.05) is 0 Å². The number of nitrogens with zero attached hydrogens (tertiary/aromatic N) is 1. The van der Waals surface area contributed by atoms with Crippen molar-refractivity contribution in [3.8, 4) is 0 Å².